The summed E-state index contributed by atoms with van der Waals surface area (Å²) in [5.74, 6) is 0.0534. The van der Waals surface area contributed by atoms with E-state index in [0.29, 0.717) is 0 Å². The van der Waals surface area contributed by atoms with Crippen LogP contribution in [0, 0.1) is 0 Å². The second-order valence-electron chi connectivity index (χ2n) is 4.44. The van der Waals surface area contributed by atoms with Crippen LogP contribution in [0.25, 0.3) is 0 Å². The van der Waals surface area contributed by atoms with Crippen molar-refractivity contribution in [3.63, 3.8) is 0 Å². The van der Waals surface area contributed by atoms with Crippen LogP contribution in [-0.2, 0) is 4.79 Å². The van der Waals surface area contributed by atoms with Crippen LogP contribution in [0.1, 0.15) is 6.92 Å². The van der Waals surface area contributed by atoms with Gasteiger partial charge in [-0.15, -0.1) is 24.8 Å². The van der Waals surface area contributed by atoms with Crippen LogP contribution >= 0.6 is 24.8 Å². The number of piperazine rings is 1. The quantitative estimate of drug-likeness (QED) is 0.901. The fraction of sp³-hybridized carbons (Fsp3) is 0.462. The monoisotopic (exact) mass is 305 g/mol. The molecule has 1 atom stereocenters. The van der Waals surface area contributed by atoms with Gasteiger partial charge in [0.25, 0.3) is 0 Å². The van der Waals surface area contributed by atoms with E-state index in [4.69, 9.17) is 5.73 Å². The molecule has 108 valence electrons. The van der Waals surface area contributed by atoms with Gasteiger partial charge >= 0.3 is 0 Å². The van der Waals surface area contributed by atoms with Crippen LogP contribution in [0.15, 0.2) is 30.3 Å². The number of rotatable bonds is 2. The summed E-state index contributed by atoms with van der Waals surface area (Å²) in [4.78, 5) is 15.9. The molecule has 0 radical (unpaired) electrons. The van der Waals surface area contributed by atoms with Crippen molar-refractivity contribution < 1.29 is 4.79 Å². The normalized spacial score (nSPS) is 16.1. The van der Waals surface area contributed by atoms with Gasteiger partial charge < -0.3 is 15.5 Å². The lowest BCUT2D eigenvalue weighted by Crippen LogP contribution is -2.52. The second-order valence-corrected chi connectivity index (χ2v) is 4.44. The lowest BCUT2D eigenvalue weighted by Gasteiger charge is -2.36. The number of nitrogens with two attached hydrogens (primary N) is 1. The summed E-state index contributed by atoms with van der Waals surface area (Å²) >= 11 is 0. The molecule has 2 rings (SSSR count). The number of benzene rings is 1. The number of anilines is 1. The Bertz CT molecular complexity index is 379. The maximum Gasteiger partial charge on any atom is 0.239 e. The van der Waals surface area contributed by atoms with Gasteiger partial charge in [0.15, 0.2) is 0 Å². The minimum Gasteiger partial charge on any atom is -0.368 e. The van der Waals surface area contributed by atoms with Crippen LogP contribution in [0.5, 0.6) is 0 Å². The Hall–Kier alpha value is -0.970. The standard InChI is InChI=1S/C13H19N3O.2ClH/c1-11(14)13(17)16-9-7-15(8-10-16)12-5-3-2-4-6-12;;/h2-6,11H,7-10,14H2,1H3;2*1H. The molecule has 0 saturated carbocycles. The fourth-order valence-electron chi connectivity index (χ4n) is 2.11. The first-order valence-electron chi connectivity index (χ1n) is 6.03. The third-order valence-electron chi connectivity index (χ3n) is 3.10. The number of halogens is 2. The zero-order chi connectivity index (χ0) is 12.3. The molecule has 0 aromatic heterocycles. The number of carbonyl (C=O) groups is 1. The van der Waals surface area contributed by atoms with Gasteiger partial charge in [0.1, 0.15) is 0 Å². The van der Waals surface area contributed by atoms with Crippen molar-refractivity contribution in [1.29, 1.82) is 0 Å². The van der Waals surface area contributed by atoms with Crippen molar-refractivity contribution in [3.05, 3.63) is 30.3 Å². The van der Waals surface area contributed by atoms with Gasteiger partial charge in [0.2, 0.25) is 5.91 Å². The van der Waals surface area contributed by atoms with Crippen molar-refractivity contribution in [2.24, 2.45) is 5.73 Å². The van der Waals surface area contributed by atoms with E-state index in [9.17, 15) is 4.79 Å². The highest BCUT2D eigenvalue weighted by molar-refractivity contribution is 5.85. The molecule has 4 nitrogen and oxygen atoms in total. The largest absolute Gasteiger partial charge is 0.368 e. The Kier molecular flexibility index (Phi) is 7.83. The molecule has 1 unspecified atom stereocenters. The summed E-state index contributed by atoms with van der Waals surface area (Å²) in [5, 5.41) is 0. The van der Waals surface area contributed by atoms with Gasteiger partial charge in [-0.1, -0.05) is 18.2 Å². The van der Waals surface area contributed by atoms with Crippen molar-refractivity contribution in [3.8, 4) is 0 Å². The van der Waals surface area contributed by atoms with E-state index < -0.39 is 6.04 Å². The highest BCUT2D eigenvalue weighted by Gasteiger charge is 2.22. The molecular weight excluding hydrogens is 285 g/mol. The predicted octanol–water partition coefficient (Wildman–Crippen LogP) is 1.53. The van der Waals surface area contributed by atoms with E-state index >= 15 is 0 Å². The van der Waals surface area contributed by atoms with Gasteiger partial charge in [-0.05, 0) is 19.1 Å². The van der Waals surface area contributed by atoms with E-state index in [1.807, 2.05) is 23.1 Å². The molecule has 1 fully saturated rings. The smallest absolute Gasteiger partial charge is 0.239 e. The zero-order valence-electron chi connectivity index (χ0n) is 11.0. The highest BCUT2D eigenvalue weighted by Crippen LogP contribution is 2.15. The maximum atomic E-state index is 11.7. The average molecular weight is 306 g/mol. The van der Waals surface area contributed by atoms with E-state index in [-0.39, 0.29) is 30.7 Å². The van der Waals surface area contributed by atoms with Gasteiger partial charge in [-0.3, -0.25) is 4.79 Å². The Morgan fingerprint density at radius 2 is 1.63 bits per heavy atom. The lowest BCUT2D eigenvalue weighted by molar-refractivity contribution is -0.132. The van der Waals surface area contributed by atoms with E-state index in [1.165, 1.54) is 5.69 Å². The first-order chi connectivity index (χ1) is 8.18. The van der Waals surface area contributed by atoms with Crippen molar-refractivity contribution in [2.45, 2.75) is 13.0 Å². The maximum absolute atomic E-state index is 11.7. The van der Waals surface area contributed by atoms with E-state index in [2.05, 4.69) is 17.0 Å². The van der Waals surface area contributed by atoms with Crippen LogP contribution in [0.3, 0.4) is 0 Å². The molecule has 6 heteroatoms. The summed E-state index contributed by atoms with van der Waals surface area (Å²) in [5.41, 5.74) is 6.83. The third kappa shape index (κ3) is 4.56. The summed E-state index contributed by atoms with van der Waals surface area (Å²) in [6, 6.07) is 9.90. The number of nitrogens with zero attached hydrogens (tertiary/aromatic N) is 2. The topological polar surface area (TPSA) is 49.6 Å². The Morgan fingerprint density at radius 3 is 2.11 bits per heavy atom. The average Bonchev–Trinajstić information content (AvgIpc) is 2.39. The summed E-state index contributed by atoms with van der Waals surface area (Å²) in [7, 11) is 0. The molecule has 1 aliphatic rings. The molecule has 2 N–H and O–H groups in total. The molecular formula is C13H21Cl2N3O. The van der Waals surface area contributed by atoms with Crippen LogP contribution in [0.4, 0.5) is 5.69 Å². The van der Waals surface area contributed by atoms with Crippen LogP contribution in [0.2, 0.25) is 0 Å². The molecule has 1 aromatic rings. The molecule has 1 amide bonds. The molecule has 1 aromatic carbocycles. The predicted molar refractivity (Wildman–Crippen MR) is 83.4 cm³/mol. The molecule has 1 heterocycles. The highest BCUT2D eigenvalue weighted by atomic mass is 35.5. The van der Waals surface area contributed by atoms with Crippen molar-refractivity contribution in [1.82, 2.24) is 4.90 Å². The van der Waals surface area contributed by atoms with Gasteiger partial charge in [-0.2, -0.15) is 0 Å². The van der Waals surface area contributed by atoms with Gasteiger partial charge in [0, 0.05) is 31.9 Å². The van der Waals surface area contributed by atoms with E-state index in [1.54, 1.807) is 6.92 Å². The summed E-state index contributed by atoms with van der Waals surface area (Å²) < 4.78 is 0. The SMILES string of the molecule is CC(N)C(=O)N1CCN(c2ccccc2)CC1.Cl.Cl. The Balaban J connectivity index is 0.00000162. The van der Waals surface area contributed by atoms with Gasteiger partial charge in [0.05, 0.1) is 6.04 Å². The van der Waals surface area contributed by atoms with Crippen molar-refractivity contribution in [2.75, 3.05) is 31.1 Å². The van der Waals surface area contributed by atoms with Gasteiger partial charge in [-0.25, -0.2) is 0 Å². The number of carbonyl (C=O) groups excluding carboxylic acids is 1. The Labute approximate surface area is 126 Å². The summed E-state index contributed by atoms with van der Waals surface area (Å²) in [6.45, 7) is 5.02. The number of hydrogen-bond donors (Lipinski definition) is 1. The lowest BCUT2D eigenvalue weighted by atomic mass is 10.2. The fourth-order valence-corrected chi connectivity index (χ4v) is 2.11. The number of amides is 1. The number of hydrogen-bond acceptors (Lipinski definition) is 3. The Morgan fingerprint density at radius 1 is 1.11 bits per heavy atom. The number of para-hydroxylation sites is 1. The molecule has 19 heavy (non-hydrogen) atoms. The van der Waals surface area contributed by atoms with Crippen LogP contribution in [-0.4, -0.2) is 43.0 Å². The first-order valence-corrected chi connectivity index (χ1v) is 6.03. The second kappa shape index (κ2) is 8.25. The molecule has 0 bridgehead atoms. The van der Waals surface area contributed by atoms with E-state index in [0.717, 1.165) is 26.2 Å². The van der Waals surface area contributed by atoms with Crippen molar-refractivity contribution >= 4 is 36.4 Å². The first kappa shape index (κ1) is 18.0. The minimum atomic E-state index is -0.390. The molecule has 0 spiro atoms. The summed E-state index contributed by atoms with van der Waals surface area (Å²) in [6.07, 6.45) is 0. The zero-order valence-corrected chi connectivity index (χ0v) is 12.6. The molecule has 0 aliphatic carbocycles. The third-order valence-corrected chi connectivity index (χ3v) is 3.10. The minimum absolute atomic E-state index is 0. The van der Waals surface area contributed by atoms with Crippen LogP contribution < -0.4 is 10.6 Å². The molecule has 1 saturated heterocycles. The molecule has 1 aliphatic heterocycles.